The van der Waals surface area contributed by atoms with Gasteiger partial charge in [0, 0.05) is 10.6 Å². The molecule has 9 heteroatoms. The maximum atomic E-state index is 13.6. The second kappa shape index (κ2) is 12.3. The molecule has 184 valence electrons. The number of carbonyl (C=O) groups is 1. The number of anilines is 2. The topological polar surface area (TPSA) is 84.9 Å². The summed E-state index contributed by atoms with van der Waals surface area (Å²) in [6, 6.07) is 20.0. The lowest BCUT2D eigenvalue weighted by Crippen LogP contribution is -2.38. The fourth-order valence-electron chi connectivity index (χ4n) is 3.19. The van der Waals surface area contributed by atoms with Crippen molar-refractivity contribution in [2.45, 2.75) is 16.7 Å². The van der Waals surface area contributed by atoms with E-state index >= 15 is 0 Å². The van der Waals surface area contributed by atoms with Crippen molar-refractivity contribution in [1.82, 2.24) is 0 Å². The van der Waals surface area contributed by atoms with Gasteiger partial charge in [0.15, 0.2) is 0 Å². The Balaban J connectivity index is 1.85. The van der Waals surface area contributed by atoms with Crippen LogP contribution < -0.4 is 19.1 Å². The van der Waals surface area contributed by atoms with Crippen LogP contribution >= 0.6 is 11.8 Å². The fourth-order valence-corrected chi connectivity index (χ4v) is 5.02. The van der Waals surface area contributed by atoms with Gasteiger partial charge in [-0.3, -0.25) is 9.10 Å². The van der Waals surface area contributed by atoms with Crippen LogP contribution in [0.15, 0.2) is 95.2 Å². The van der Waals surface area contributed by atoms with Crippen LogP contribution in [-0.2, 0) is 14.8 Å². The predicted molar refractivity (Wildman–Crippen MR) is 141 cm³/mol. The highest BCUT2D eigenvalue weighted by molar-refractivity contribution is 7.98. The Bertz CT molecular complexity index is 1230. The zero-order chi connectivity index (χ0) is 25.3. The van der Waals surface area contributed by atoms with Crippen LogP contribution in [0, 0.1) is 0 Å². The molecular formula is C26H28N2O5S2. The van der Waals surface area contributed by atoms with Crippen molar-refractivity contribution in [1.29, 1.82) is 0 Å². The Kier molecular flexibility index (Phi) is 9.22. The largest absolute Gasteiger partial charge is 0.494 e. The van der Waals surface area contributed by atoms with Crippen molar-refractivity contribution < 1.29 is 22.7 Å². The fraction of sp³-hybridized carbons (Fsp3) is 0.192. The average molecular weight is 513 g/mol. The summed E-state index contributed by atoms with van der Waals surface area (Å²) in [5.41, 5.74) is 0.875. The normalized spacial score (nSPS) is 10.9. The molecule has 0 bridgehead atoms. The molecule has 0 aliphatic heterocycles. The molecule has 3 aromatic rings. The molecule has 0 unspecified atom stereocenters. The first-order chi connectivity index (χ1) is 16.9. The van der Waals surface area contributed by atoms with Crippen molar-refractivity contribution >= 4 is 39.1 Å². The molecular weight excluding hydrogens is 484 g/mol. The highest BCUT2D eigenvalue weighted by atomic mass is 32.2. The number of sulfonamides is 1. The van der Waals surface area contributed by atoms with Crippen LogP contribution in [0.1, 0.15) is 6.92 Å². The predicted octanol–water partition coefficient (Wildman–Crippen LogP) is 5.21. The summed E-state index contributed by atoms with van der Waals surface area (Å²) < 4.78 is 39.1. The Labute approximate surface area is 210 Å². The van der Waals surface area contributed by atoms with Crippen LogP contribution in [0.5, 0.6) is 11.5 Å². The van der Waals surface area contributed by atoms with E-state index in [2.05, 4.69) is 11.9 Å². The molecule has 7 nitrogen and oxygen atoms in total. The number of thioether (sulfide) groups is 1. The number of hydrogen-bond acceptors (Lipinski definition) is 6. The van der Waals surface area contributed by atoms with E-state index < -0.39 is 22.5 Å². The minimum absolute atomic E-state index is 0.0979. The summed E-state index contributed by atoms with van der Waals surface area (Å²) in [6.07, 6.45) is 3.55. The average Bonchev–Trinajstić information content (AvgIpc) is 2.87. The van der Waals surface area contributed by atoms with Crippen LogP contribution in [0.4, 0.5) is 11.4 Å². The molecule has 0 spiro atoms. The van der Waals surface area contributed by atoms with Crippen molar-refractivity contribution in [3.8, 4) is 11.5 Å². The molecule has 3 aromatic carbocycles. The van der Waals surface area contributed by atoms with E-state index in [1.165, 1.54) is 11.8 Å². The highest BCUT2D eigenvalue weighted by Crippen LogP contribution is 2.27. The smallest absolute Gasteiger partial charge is 0.264 e. The molecule has 1 N–H and O–H groups in total. The highest BCUT2D eigenvalue weighted by Gasteiger charge is 2.27. The second-order valence-electron chi connectivity index (χ2n) is 7.29. The molecule has 0 aliphatic rings. The van der Waals surface area contributed by atoms with Gasteiger partial charge in [0.1, 0.15) is 24.7 Å². The van der Waals surface area contributed by atoms with Crippen molar-refractivity contribution in [3.05, 3.63) is 85.5 Å². The van der Waals surface area contributed by atoms with Crippen LogP contribution in [-0.4, -0.2) is 40.3 Å². The number of ether oxygens (including phenoxy) is 2. The summed E-state index contributed by atoms with van der Waals surface area (Å²) in [5.74, 6) is 0.763. The van der Waals surface area contributed by atoms with Gasteiger partial charge in [-0.05, 0) is 86.0 Å². The minimum atomic E-state index is -4.02. The van der Waals surface area contributed by atoms with Crippen LogP contribution in [0.3, 0.4) is 0 Å². The van der Waals surface area contributed by atoms with E-state index in [9.17, 15) is 13.2 Å². The van der Waals surface area contributed by atoms with Gasteiger partial charge < -0.3 is 14.8 Å². The van der Waals surface area contributed by atoms with Crippen molar-refractivity contribution in [3.63, 3.8) is 0 Å². The van der Waals surface area contributed by atoms with E-state index in [0.717, 1.165) is 9.20 Å². The Morgan fingerprint density at radius 2 is 1.57 bits per heavy atom. The number of nitrogens with one attached hydrogen (secondary N) is 1. The molecule has 0 atom stereocenters. The number of benzene rings is 3. The third kappa shape index (κ3) is 7.03. The van der Waals surface area contributed by atoms with E-state index in [1.807, 2.05) is 13.2 Å². The molecule has 0 saturated heterocycles. The number of nitrogens with zero attached hydrogens (tertiary/aromatic N) is 1. The number of carbonyl (C=O) groups excluding carboxylic acids is 1. The summed E-state index contributed by atoms with van der Waals surface area (Å²) in [6.45, 7) is 5.93. The molecule has 3 rings (SSSR count). The Hall–Kier alpha value is -3.43. The first-order valence-electron chi connectivity index (χ1n) is 10.9. The van der Waals surface area contributed by atoms with Gasteiger partial charge >= 0.3 is 0 Å². The summed E-state index contributed by atoms with van der Waals surface area (Å²) in [5, 5.41) is 2.75. The van der Waals surface area contributed by atoms with Gasteiger partial charge in [0.25, 0.3) is 10.0 Å². The van der Waals surface area contributed by atoms with E-state index in [0.29, 0.717) is 36.1 Å². The molecule has 0 aliphatic carbocycles. The zero-order valence-corrected chi connectivity index (χ0v) is 21.3. The SMILES string of the molecule is C=CCOc1ccc(NC(=O)CN(c2ccc(OCC)cc2)S(=O)(=O)c2ccc(SC)cc2)cc1. The standard InChI is InChI=1S/C26H28N2O5S2/c1-4-18-33-23-10-6-20(7-11-23)27-26(29)19-28(21-8-12-22(13-9-21)32-5-2)35(30,31)25-16-14-24(34-3)15-17-25/h4,6-17H,1,5,18-19H2,2-3H3,(H,27,29). The van der Waals surface area contributed by atoms with Gasteiger partial charge in [-0.25, -0.2) is 8.42 Å². The molecule has 0 saturated carbocycles. The zero-order valence-electron chi connectivity index (χ0n) is 19.6. The maximum Gasteiger partial charge on any atom is 0.264 e. The number of hydrogen-bond donors (Lipinski definition) is 1. The third-order valence-corrected chi connectivity index (χ3v) is 7.41. The van der Waals surface area contributed by atoms with E-state index in [-0.39, 0.29) is 4.90 Å². The quantitative estimate of drug-likeness (QED) is 0.265. The lowest BCUT2D eigenvalue weighted by molar-refractivity contribution is -0.114. The first-order valence-corrected chi connectivity index (χ1v) is 13.6. The van der Waals surface area contributed by atoms with Crippen molar-refractivity contribution in [2.75, 3.05) is 35.6 Å². The van der Waals surface area contributed by atoms with Gasteiger partial charge in [-0.1, -0.05) is 12.7 Å². The van der Waals surface area contributed by atoms with E-state index in [1.54, 1.807) is 78.9 Å². The molecule has 0 aromatic heterocycles. The third-order valence-electron chi connectivity index (χ3n) is 4.88. The van der Waals surface area contributed by atoms with Crippen LogP contribution in [0.2, 0.25) is 0 Å². The van der Waals surface area contributed by atoms with Gasteiger partial charge in [0.2, 0.25) is 5.91 Å². The number of rotatable bonds is 12. The van der Waals surface area contributed by atoms with E-state index in [4.69, 9.17) is 9.47 Å². The number of amides is 1. The lowest BCUT2D eigenvalue weighted by atomic mass is 10.3. The van der Waals surface area contributed by atoms with Gasteiger partial charge in [-0.2, -0.15) is 0 Å². The van der Waals surface area contributed by atoms with Gasteiger partial charge in [0.05, 0.1) is 17.2 Å². The summed E-state index contributed by atoms with van der Waals surface area (Å²) in [7, 11) is -4.02. The molecule has 0 fully saturated rings. The van der Waals surface area contributed by atoms with Crippen molar-refractivity contribution in [2.24, 2.45) is 0 Å². The minimum Gasteiger partial charge on any atom is -0.494 e. The summed E-state index contributed by atoms with van der Waals surface area (Å²) in [4.78, 5) is 13.9. The molecule has 0 radical (unpaired) electrons. The first kappa shape index (κ1) is 26.2. The lowest BCUT2D eigenvalue weighted by Gasteiger charge is -2.24. The van der Waals surface area contributed by atoms with Gasteiger partial charge in [-0.15, -0.1) is 11.8 Å². The Morgan fingerprint density at radius 3 is 2.14 bits per heavy atom. The monoisotopic (exact) mass is 512 g/mol. The molecule has 1 amide bonds. The second-order valence-corrected chi connectivity index (χ2v) is 10.0. The maximum absolute atomic E-state index is 13.6. The Morgan fingerprint density at radius 1 is 0.971 bits per heavy atom. The molecule has 0 heterocycles. The summed E-state index contributed by atoms with van der Waals surface area (Å²) >= 11 is 1.52. The molecule has 35 heavy (non-hydrogen) atoms. The van der Waals surface area contributed by atoms with Crippen LogP contribution in [0.25, 0.3) is 0 Å².